The fourth-order valence-electron chi connectivity index (χ4n) is 3.44. The Morgan fingerprint density at radius 3 is 2.62 bits per heavy atom. The number of hydrogen-bond acceptors (Lipinski definition) is 2. The molecule has 0 aromatic carbocycles. The van der Waals surface area contributed by atoms with Crippen molar-refractivity contribution >= 4 is 27.3 Å². The van der Waals surface area contributed by atoms with Crippen LogP contribution in [0.1, 0.15) is 58.8 Å². The van der Waals surface area contributed by atoms with Gasteiger partial charge in [-0.2, -0.15) is 0 Å². The van der Waals surface area contributed by atoms with Gasteiger partial charge in [0.2, 0.25) is 0 Å². The van der Waals surface area contributed by atoms with Gasteiger partial charge in [0.1, 0.15) is 0 Å². The molecule has 1 aliphatic rings. The fraction of sp³-hybridized carbons (Fsp3) is 0.778. The molecule has 2 rings (SSSR count). The second-order valence-corrected chi connectivity index (χ2v) is 10.3. The highest BCUT2D eigenvalue weighted by molar-refractivity contribution is 9.10. The number of hydrogen-bond donors (Lipinski definition) is 1. The first kappa shape index (κ1) is 17.5. The van der Waals surface area contributed by atoms with Gasteiger partial charge in [-0.15, -0.1) is 11.3 Å². The van der Waals surface area contributed by atoms with Crippen LogP contribution in [0.3, 0.4) is 0 Å². The Hall–Kier alpha value is 0.140. The van der Waals surface area contributed by atoms with Crippen molar-refractivity contribution in [2.75, 3.05) is 6.54 Å². The van der Waals surface area contributed by atoms with Crippen molar-refractivity contribution in [2.45, 2.75) is 65.8 Å². The first-order valence-electron chi connectivity index (χ1n) is 8.13. The third kappa shape index (κ3) is 5.37. The number of thiophene rings is 1. The fourth-order valence-corrected chi connectivity index (χ4v) is 5.05. The molecule has 0 saturated heterocycles. The zero-order chi connectivity index (χ0) is 15.7. The Morgan fingerprint density at radius 2 is 2.05 bits per heavy atom. The lowest BCUT2D eigenvalue weighted by molar-refractivity contribution is 0.111. The van der Waals surface area contributed by atoms with E-state index in [4.69, 9.17) is 0 Å². The van der Waals surface area contributed by atoms with E-state index >= 15 is 0 Å². The molecule has 1 heterocycles. The molecule has 0 bridgehead atoms. The molecule has 2 unspecified atom stereocenters. The molecule has 0 radical (unpaired) electrons. The van der Waals surface area contributed by atoms with Crippen LogP contribution in [0.15, 0.2) is 15.9 Å². The molecule has 1 aromatic rings. The van der Waals surface area contributed by atoms with Gasteiger partial charge in [0.15, 0.2) is 0 Å². The monoisotopic (exact) mass is 371 g/mol. The van der Waals surface area contributed by atoms with Gasteiger partial charge in [-0.25, -0.2) is 0 Å². The minimum absolute atomic E-state index is 0.223. The largest absolute Gasteiger partial charge is 0.312 e. The smallest absolute Gasteiger partial charge is 0.0314 e. The summed E-state index contributed by atoms with van der Waals surface area (Å²) in [6, 6.07) is 2.19. The Bertz CT molecular complexity index is 458. The standard InChI is InChI=1S/C18H30BrNS/c1-17(2,3)20-12-13-6-8-18(4,5)11-14(13)10-16-15(19)7-9-21-16/h7,9,13-14,20H,6,8,10-12H2,1-5H3. The number of halogens is 1. The Balaban J connectivity index is 2.05. The van der Waals surface area contributed by atoms with E-state index in [1.165, 1.54) is 35.0 Å². The van der Waals surface area contributed by atoms with E-state index in [9.17, 15) is 0 Å². The van der Waals surface area contributed by atoms with Gasteiger partial charge in [-0.1, -0.05) is 13.8 Å². The first-order chi connectivity index (χ1) is 9.66. The minimum Gasteiger partial charge on any atom is -0.312 e. The summed E-state index contributed by atoms with van der Waals surface area (Å²) in [7, 11) is 0. The maximum atomic E-state index is 3.73. The molecule has 1 fully saturated rings. The molecule has 3 heteroatoms. The number of nitrogens with one attached hydrogen (secondary N) is 1. The second kappa shape index (κ2) is 6.72. The highest BCUT2D eigenvalue weighted by Crippen LogP contribution is 2.44. The van der Waals surface area contributed by atoms with Crippen molar-refractivity contribution in [3.8, 4) is 0 Å². The van der Waals surface area contributed by atoms with E-state index < -0.39 is 0 Å². The predicted octanol–water partition coefficient (Wildman–Crippen LogP) is 5.88. The summed E-state index contributed by atoms with van der Waals surface area (Å²) in [5.74, 6) is 1.62. The van der Waals surface area contributed by atoms with Crippen molar-refractivity contribution in [2.24, 2.45) is 17.3 Å². The lowest BCUT2D eigenvalue weighted by atomic mass is 9.66. The lowest BCUT2D eigenvalue weighted by Crippen LogP contribution is -2.43. The van der Waals surface area contributed by atoms with E-state index in [0.29, 0.717) is 5.41 Å². The molecule has 1 N–H and O–H groups in total. The van der Waals surface area contributed by atoms with Gasteiger partial charge >= 0.3 is 0 Å². The molecule has 0 aliphatic heterocycles. The summed E-state index contributed by atoms with van der Waals surface area (Å²) < 4.78 is 1.30. The average Bonchev–Trinajstić information content (AvgIpc) is 2.72. The molecular formula is C18H30BrNS. The highest BCUT2D eigenvalue weighted by atomic mass is 79.9. The topological polar surface area (TPSA) is 12.0 Å². The summed E-state index contributed by atoms with van der Waals surface area (Å²) in [5, 5.41) is 5.94. The number of rotatable bonds is 4. The van der Waals surface area contributed by atoms with E-state index in [0.717, 1.165) is 18.4 Å². The van der Waals surface area contributed by atoms with E-state index in [2.05, 4.69) is 67.3 Å². The van der Waals surface area contributed by atoms with Crippen molar-refractivity contribution in [1.82, 2.24) is 5.32 Å². The molecule has 0 amide bonds. The predicted molar refractivity (Wildman–Crippen MR) is 98.1 cm³/mol. The highest BCUT2D eigenvalue weighted by Gasteiger charge is 2.35. The van der Waals surface area contributed by atoms with E-state index in [1.807, 2.05) is 11.3 Å². The maximum absolute atomic E-state index is 3.73. The Morgan fingerprint density at radius 1 is 1.33 bits per heavy atom. The Kier molecular flexibility index (Phi) is 5.60. The van der Waals surface area contributed by atoms with Gasteiger partial charge in [0, 0.05) is 14.9 Å². The van der Waals surface area contributed by atoms with Crippen molar-refractivity contribution in [3.63, 3.8) is 0 Å². The zero-order valence-electron chi connectivity index (χ0n) is 14.1. The van der Waals surface area contributed by atoms with Crippen molar-refractivity contribution < 1.29 is 0 Å². The van der Waals surface area contributed by atoms with Crippen molar-refractivity contribution in [1.29, 1.82) is 0 Å². The molecular weight excluding hydrogens is 342 g/mol. The van der Waals surface area contributed by atoms with Gasteiger partial charge in [-0.05, 0) is 97.6 Å². The quantitative estimate of drug-likeness (QED) is 0.695. The minimum atomic E-state index is 0.223. The molecule has 21 heavy (non-hydrogen) atoms. The maximum Gasteiger partial charge on any atom is 0.0314 e. The van der Waals surface area contributed by atoms with Crippen molar-refractivity contribution in [3.05, 3.63) is 20.8 Å². The van der Waals surface area contributed by atoms with Crippen LogP contribution in [0.2, 0.25) is 0 Å². The third-order valence-electron chi connectivity index (χ3n) is 4.71. The molecule has 1 saturated carbocycles. The summed E-state index contributed by atoms with van der Waals surface area (Å²) >= 11 is 5.61. The molecule has 2 atom stereocenters. The summed E-state index contributed by atoms with van der Waals surface area (Å²) in [4.78, 5) is 1.53. The summed E-state index contributed by atoms with van der Waals surface area (Å²) in [6.45, 7) is 12.8. The van der Waals surface area contributed by atoms with Crippen LogP contribution in [-0.4, -0.2) is 12.1 Å². The van der Waals surface area contributed by atoms with E-state index in [1.54, 1.807) is 0 Å². The lowest BCUT2D eigenvalue weighted by Gasteiger charge is -2.42. The van der Waals surface area contributed by atoms with Gasteiger partial charge in [0.05, 0.1) is 0 Å². The van der Waals surface area contributed by atoms with Crippen LogP contribution in [0, 0.1) is 17.3 Å². The van der Waals surface area contributed by atoms with Crippen LogP contribution in [0.5, 0.6) is 0 Å². The molecule has 1 nitrogen and oxygen atoms in total. The summed E-state index contributed by atoms with van der Waals surface area (Å²) in [5.41, 5.74) is 0.730. The third-order valence-corrected chi connectivity index (χ3v) is 6.66. The normalized spacial score (nSPS) is 26.0. The van der Waals surface area contributed by atoms with Gasteiger partial charge in [0.25, 0.3) is 0 Å². The first-order valence-corrected chi connectivity index (χ1v) is 9.80. The molecule has 1 aromatic heterocycles. The van der Waals surface area contributed by atoms with Crippen LogP contribution in [0.4, 0.5) is 0 Å². The van der Waals surface area contributed by atoms with Crippen LogP contribution >= 0.6 is 27.3 Å². The van der Waals surface area contributed by atoms with Gasteiger partial charge in [-0.3, -0.25) is 0 Å². The molecule has 0 spiro atoms. The zero-order valence-corrected chi connectivity index (χ0v) is 16.5. The summed E-state index contributed by atoms with van der Waals surface area (Å²) in [6.07, 6.45) is 5.32. The average molecular weight is 372 g/mol. The van der Waals surface area contributed by atoms with Crippen LogP contribution in [0.25, 0.3) is 0 Å². The van der Waals surface area contributed by atoms with E-state index in [-0.39, 0.29) is 5.54 Å². The second-order valence-electron chi connectivity index (χ2n) is 8.45. The molecule has 1 aliphatic carbocycles. The van der Waals surface area contributed by atoms with Crippen LogP contribution < -0.4 is 5.32 Å². The SMILES string of the molecule is CC1(C)CCC(CNC(C)(C)C)C(Cc2sccc2Br)C1. The Labute approximate surface area is 143 Å². The van der Waals surface area contributed by atoms with Gasteiger partial charge < -0.3 is 5.32 Å². The molecule has 120 valence electrons. The van der Waals surface area contributed by atoms with Crippen LogP contribution in [-0.2, 0) is 6.42 Å².